The quantitative estimate of drug-likeness (QED) is 0.678. The predicted molar refractivity (Wildman–Crippen MR) is 110 cm³/mol. The number of nitrogens with zero attached hydrogens (tertiary/aromatic N) is 1. The van der Waals surface area contributed by atoms with Gasteiger partial charge < -0.3 is 19.4 Å². The maximum Gasteiger partial charge on any atom is 0.266 e. The molecule has 6 nitrogen and oxygen atoms in total. The number of amides is 2. The minimum atomic E-state index is -0.860. The van der Waals surface area contributed by atoms with E-state index < -0.39 is 6.10 Å². The number of para-hydroxylation sites is 2. The van der Waals surface area contributed by atoms with Gasteiger partial charge in [-0.15, -0.1) is 0 Å². The Morgan fingerprint density at radius 2 is 1.86 bits per heavy atom. The molecule has 0 saturated heterocycles. The smallest absolute Gasteiger partial charge is 0.266 e. The summed E-state index contributed by atoms with van der Waals surface area (Å²) in [7, 11) is 1.67. The lowest BCUT2D eigenvalue weighted by Crippen LogP contribution is -2.41. The van der Waals surface area contributed by atoms with E-state index in [1.54, 1.807) is 31.3 Å². The van der Waals surface area contributed by atoms with Crippen molar-refractivity contribution in [1.29, 1.82) is 0 Å². The molecule has 1 atom stereocenters. The van der Waals surface area contributed by atoms with Crippen LogP contribution < -0.4 is 10.1 Å². The number of furan rings is 1. The van der Waals surface area contributed by atoms with Crippen LogP contribution in [0.15, 0.2) is 65.1 Å². The fraction of sp³-hybridized carbons (Fsp3) is 0.182. The molecule has 7 heteroatoms. The molecule has 2 amide bonds. The van der Waals surface area contributed by atoms with Gasteiger partial charge in [-0.2, -0.15) is 0 Å². The highest BCUT2D eigenvalue weighted by molar-refractivity contribution is 6.30. The molecule has 4 rings (SSSR count). The van der Waals surface area contributed by atoms with Crippen molar-refractivity contribution in [2.75, 3.05) is 12.4 Å². The van der Waals surface area contributed by atoms with Crippen LogP contribution in [0.3, 0.4) is 0 Å². The molecule has 1 aliphatic heterocycles. The van der Waals surface area contributed by atoms with Gasteiger partial charge in [-0.3, -0.25) is 9.59 Å². The predicted octanol–water partition coefficient (Wildman–Crippen LogP) is 4.35. The lowest BCUT2D eigenvalue weighted by atomic mass is 10.1. The summed E-state index contributed by atoms with van der Waals surface area (Å²) in [6, 6.07) is 18.2. The summed E-state index contributed by atoms with van der Waals surface area (Å²) in [5.74, 6) is 1.36. The number of benzene rings is 2. The van der Waals surface area contributed by atoms with Crippen molar-refractivity contribution in [3.63, 3.8) is 0 Å². The Labute approximate surface area is 173 Å². The van der Waals surface area contributed by atoms with E-state index in [0.29, 0.717) is 28.0 Å². The van der Waals surface area contributed by atoms with E-state index in [9.17, 15) is 9.59 Å². The van der Waals surface area contributed by atoms with Crippen LogP contribution in [0.5, 0.6) is 5.75 Å². The number of halogens is 1. The molecular formula is C22H19ClN2O4. The van der Waals surface area contributed by atoms with Crippen molar-refractivity contribution >= 4 is 29.1 Å². The van der Waals surface area contributed by atoms with Crippen LogP contribution in [-0.2, 0) is 16.1 Å². The van der Waals surface area contributed by atoms with Crippen molar-refractivity contribution < 1.29 is 18.7 Å². The third kappa shape index (κ3) is 4.27. The number of anilines is 1. The molecule has 1 aromatic heterocycles. The zero-order chi connectivity index (χ0) is 20.4. The molecule has 2 aromatic carbocycles. The van der Waals surface area contributed by atoms with Gasteiger partial charge in [0.2, 0.25) is 5.91 Å². The number of hydrogen-bond donors (Lipinski definition) is 1. The van der Waals surface area contributed by atoms with E-state index in [0.717, 1.165) is 5.56 Å². The maximum absolute atomic E-state index is 12.6. The van der Waals surface area contributed by atoms with Crippen LogP contribution in [0.2, 0.25) is 5.02 Å². The fourth-order valence-electron chi connectivity index (χ4n) is 3.10. The molecule has 0 saturated carbocycles. The van der Waals surface area contributed by atoms with Crippen LogP contribution in [0, 0.1) is 0 Å². The van der Waals surface area contributed by atoms with Gasteiger partial charge in [0.1, 0.15) is 17.3 Å². The molecule has 1 N–H and O–H groups in total. The van der Waals surface area contributed by atoms with E-state index >= 15 is 0 Å². The highest BCUT2D eigenvalue weighted by atomic mass is 35.5. The fourth-order valence-corrected chi connectivity index (χ4v) is 3.22. The van der Waals surface area contributed by atoms with Crippen LogP contribution in [0.4, 0.5) is 5.69 Å². The number of fused-ring (bicyclic) bond motifs is 1. The Kier molecular flexibility index (Phi) is 5.27. The molecule has 0 aliphatic carbocycles. The van der Waals surface area contributed by atoms with Crippen molar-refractivity contribution in [2.45, 2.75) is 19.1 Å². The maximum atomic E-state index is 12.6. The summed E-state index contributed by atoms with van der Waals surface area (Å²) in [4.78, 5) is 26.3. The van der Waals surface area contributed by atoms with Gasteiger partial charge in [-0.25, -0.2) is 0 Å². The number of carbonyl (C=O) groups excluding carboxylic acids is 2. The Morgan fingerprint density at radius 1 is 1.10 bits per heavy atom. The third-order valence-corrected chi connectivity index (χ3v) is 4.93. The average molecular weight is 411 g/mol. The largest absolute Gasteiger partial charge is 0.478 e. The van der Waals surface area contributed by atoms with Crippen LogP contribution in [0.1, 0.15) is 12.2 Å². The zero-order valence-corrected chi connectivity index (χ0v) is 16.5. The monoisotopic (exact) mass is 410 g/mol. The van der Waals surface area contributed by atoms with Gasteiger partial charge in [-0.1, -0.05) is 23.7 Å². The second-order valence-electron chi connectivity index (χ2n) is 6.82. The van der Waals surface area contributed by atoms with Crippen molar-refractivity contribution in [3.8, 4) is 17.1 Å². The van der Waals surface area contributed by atoms with E-state index in [4.69, 9.17) is 20.8 Å². The number of rotatable bonds is 5. The average Bonchev–Trinajstić information content (AvgIpc) is 3.17. The summed E-state index contributed by atoms with van der Waals surface area (Å²) in [5, 5.41) is 3.42. The normalized spacial score (nSPS) is 15.2. The summed E-state index contributed by atoms with van der Waals surface area (Å²) in [6.07, 6.45) is -0.914. The molecule has 0 radical (unpaired) electrons. The summed E-state index contributed by atoms with van der Waals surface area (Å²) in [5.41, 5.74) is 1.51. The van der Waals surface area contributed by atoms with Crippen molar-refractivity contribution in [2.24, 2.45) is 0 Å². The second kappa shape index (κ2) is 8.01. The molecule has 0 fully saturated rings. The minimum absolute atomic E-state index is 0.0541. The highest BCUT2D eigenvalue weighted by Crippen LogP contribution is 2.30. The third-order valence-electron chi connectivity index (χ3n) is 4.68. The molecular weight excluding hydrogens is 392 g/mol. The molecule has 29 heavy (non-hydrogen) atoms. The Balaban J connectivity index is 1.38. The SMILES string of the molecule is CN(Cc1ccc(-c2ccc(Cl)cc2)o1)C(=O)CC1Oc2ccccc2NC1=O. The number of ether oxygens (including phenoxy) is 1. The topological polar surface area (TPSA) is 71.8 Å². The number of nitrogens with one attached hydrogen (secondary N) is 1. The molecule has 148 valence electrons. The summed E-state index contributed by atoms with van der Waals surface area (Å²) >= 11 is 5.91. The van der Waals surface area contributed by atoms with E-state index in [-0.39, 0.29) is 24.8 Å². The first-order valence-electron chi connectivity index (χ1n) is 9.15. The van der Waals surface area contributed by atoms with Crippen molar-refractivity contribution in [3.05, 3.63) is 71.4 Å². The molecule has 0 spiro atoms. The number of carbonyl (C=O) groups is 2. The van der Waals surface area contributed by atoms with Crippen LogP contribution in [0.25, 0.3) is 11.3 Å². The van der Waals surface area contributed by atoms with Gasteiger partial charge in [-0.05, 0) is 48.5 Å². The standard InChI is InChI=1S/C22H19ClN2O4/c1-25(13-16-10-11-18(28-16)14-6-8-15(23)9-7-14)21(26)12-20-22(27)24-17-4-2-3-5-19(17)29-20/h2-11,20H,12-13H2,1H3,(H,24,27). The first-order valence-corrected chi connectivity index (χ1v) is 9.52. The Hall–Kier alpha value is -3.25. The first kappa shape index (κ1) is 19.1. The second-order valence-corrected chi connectivity index (χ2v) is 7.26. The minimum Gasteiger partial charge on any atom is -0.478 e. The van der Waals surface area contributed by atoms with Crippen LogP contribution >= 0.6 is 11.6 Å². The lowest BCUT2D eigenvalue weighted by Gasteiger charge is -2.26. The van der Waals surface area contributed by atoms with Gasteiger partial charge in [0, 0.05) is 17.6 Å². The van der Waals surface area contributed by atoms with Gasteiger partial charge in [0.15, 0.2) is 6.10 Å². The van der Waals surface area contributed by atoms with Crippen LogP contribution in [-0.4, -0.2) is 29.9 Å². The highest BCUT2D eigenvalue weighted by Gasteiger charge is 2.30. The Bertz CT molecular complexity index is 1040. The first-order chi connectivity index (χ1) is 14.0. The molecule has 1 aliphatic rings. The molecule has 2 heterocycles. The van der Waals surface area contributed by atoms with Gasteiger partial charge in [0.25, 0.3) is 5.91 Å². The van der Waals surface area contributed by atoms with Gasteiger partial charge >= 0.3 is 0 Å². The van der Waals surface area contributed by atoms with E-state index in [2.05, 4.69) is 5.32 Å². The molecule has 0 bridgehead atoms. The zero-order valence-electron chi connectivity index (χ0n) is 15.7. The number of hydrogen-bond acceptors (Lipinski definition) is 4. The van der Waals surface area contributed by atoms with E-state index in [1.165, 1.54) is 4.90 Å². The Morgan fingerprint density at radius 3 is 2.66 bits per heavy atom. The van der Waals surface area contributed by atoms with Gasteiger partial charge in [0.05, 0.1) is 18.7 Å². The summed E-state index contributed by atoms with van der Waals surface area (Å²) in [6.45, 7) is 0.289. The lowest BCUT2D eigenvalue weighted by molar-refractivity contribution is -0.136. The summed E-state index contributed by atoms with van der Waals surface area (Å²) < 4.78 is 11.5. The van der Waals surface area contributed by atoms with Crippen molar-refractivity contribution in [1.82, 2.24) is 4.90 Å². The van der Waals surface area contributed by atoms with E-state index in [1.807, 2.05) is 36.4 Å². The molecule has 3 aromatic rings. The molecule has 1 unspecified atom stereocenters.